The highest BCUT2D eigenvalue weighted by atomic mass is 16.3. The van der Waals surface area contributed by atoms with Crippen LogP contribution in [0, 0.1) is 0 Å². The lowest BCUT2D eigenvalue weighted by molar-refractivity contribution is 0.188. The summed E-state index contributed by atoms with van der Waals surface area (Å²) in [5.74, 6) is 0.295. The van der Waals surface area contributed by atoms with Crippen LogP contribution in [-0.2, 0) is 0 Å². The molecular formula is C8H13N3O2. The number of H-pyrrole nitrogens is 1. The van der Waals surface area contributed by atoms with Gasteiger partial charge in [-0.25, -0.2) is 4.98 Å². The van der Waals surface area contributed by atoms with E-state index in [0.29, 0.717) is 18.8 Å². The van der Waals surface area contributed by atoms with Gasteiger partial charge in [-0.05, 0) is 13.3 Å². The number of rotatable bonds is 4. The van der Waals surface area contributed by atoms with Crippen LogP contribution in [0.15, 0.2) is 17.2 Å². The van der Waals surface area contributed by atoms with Crippen molar-refractivity contribution in [1.82, 2.24) is 9.97 Å². The average Bonchev–Trinajstić information content (AvgIpc) is 2.08. The summed E-state index contributed by atoms with van der Waals surface area (Å²) in [7, 11) is 0. The molecule has 0 radical (unpaired) electrons. The molecule has 1 heterocycles. The van der Waals surface area contributed by atoms with E-state index in [-0.39, 0.29) is 11.7 Å². The summed E-state index contributed by atoms with van der Waals surface area (Å²) in [4.78, 5) is 17.4. The molecule has 1 atom stereocenters. The van der Waals surface area contributed by atoms with E-state index in [1.165, 1.54) is 12.4 Å². The van der Waals surface area contributed by atoms with Crippen molar-refractivity contribution >= 4 is 5.82 Å². The first kappa shape index (κ1) is 9.73. The molecule has 1 rings (SSSR count). The van der Waals surface area contributed by atoms with Crippen LogP contribution in [0.2, 0.25) is 0 Å². The molecule has 0 bridgehead atoms. The minimum Gasteiger partial charge on any atom is -0.393 e. The van der Waals surface area contributed by atoms with Gasteiger partial charge in [0.1, 0.15) is 0 Å². The van der Waals surface area contributed by atoms with Gasteiger partial charge in [0.2, 0.25) is 0 Å². The number of aliphatic hydroxyl groups excluding tert-OH is 1. The maximum absolute atomic E-state index is 11.1. The van der Waals surface area contributed by atoms with Crippen molar-refractivity contribution in [3.05, 3.63) is 22.7 Å². The number of hydrogen-bond donors (Lipinski definition) is 3. The van der Waals surface area contributed by atoms with Crippen molar-refractivity contribution in [3.8, 4) is 0 Å². The third-order valence-corrected chi connectivity index (χ3v) is 1.56. The van der Waals surface area contributed by atoms with Crippen LogP contribution in [0.3, 0.4) is 0 Å². The Morgan fingerprint density at radius 2 is 2.54 bits per heavy atom. The Kier molecular flexibility index (Phi) is 3.45. The van der Waals surface area contributed by atoms with Crippen LogP contribution in [-0.4, -0.2) is 27.7 Å². The molecule has 3 N–H and O–H groups in total. The zero-order valence-corrected chi connectivity index (χ0v) is 7.45. The first-order valence-electron chi connectivity index (χ1n) is 4.16. The minimum absolute atomic E-state index is 0.243. The Morgan fingerprint density at radius 3 is 3.15 bits per heavy atom. The normalized spacial score (nSPS) is 12.5. The van der Waals surface area contributed by atoms with Gasteiger partial charge in [0, 0.05) is 18.9 Å². The highest BCUT2D eigenvalue weighted by molar-refractivity contribution is 5.29. The number of aliphatic hydroxyl groups is 1. The van der Waals surface area contributed by atoms with Crippen molar-refractivity contribution < 1.29 is 5.11 Å². The highest BCUT2D eigenvalue weighted by Crippen LogP contribution is 1.93. The summed E-state index contributed by atoms with van der Waals surface area (Å²) in [6.45, 7) is 2.24. The average molecular weight is 183 g/mol. The van der Waals surface area contributed by atoms with Crippen LogP contribution in [0.25, 0.3) is 0 Å². The van der Waals surface area contributed by atoms with Crippen LogP contribution >= 0.6 is 0 Å². The van der Waals surface area contributed by atoms with E-state index in [4.69, 9.17) is 5.11 Å². The van der Waals surface area contributed by atoms with Gasteiger partial charge in [-0.1, -0.05) is 0 Å². The Bertz CT molecular complexity index is 308. The SMILES string of the molecule is CC(O)CCNc1ncc[nH]c1=O. The minimum atomic E-state index is -0.365. The zero-order valence-electron chi connectivity index (χ0n) is 7.45. The van der Waals surface area contributed by atoms with Crippen LogP contribution in [0.5, 0.6) is 0 Å². The molecule has 0 saturated carbocycles. The molecule has 1 aromatic rings. The molecule has 0 aliphatic carbocycles. The summed E-state index contributed by atoms with van der Waals surface area (Å²) < 4.78 is 0. The predicted octanol–water partition coefficient (Wildman–Crippen LogP) is -0.0473. The second-order valence-electron chi connectivity index (χ2n) is 2.83. The summed E-state index contributed by atoms with van der Waals surface area (Å²) in [6, 6.07) is 0. The standard InChI is InChI=1S/C8H13N3O2/c1-6(12)2-3-9-7-8(13)11-5-4-10-7/h4-6,12H,2-3H2,1H3,(H,9,10)(H,11,13). The lowest BCUT2D eigenvalue weighted by Gasteiger charge is -2.05. The van der Waals surface area contributed by atoms with Crippen molar-refractivity contribution in [3.63, 3.8) is 0 Å². The molecule has 0 saturated heterocycles. The smallest absolute Gasteiger partial charge is 0.290 e. The van der Waals surface area contributed by atoms with E-state index in [0.717, 1.165) is 0 Å². The molecule has 0 spiro atoms. The maximum Gasteiger partial charge on any atom is 0.290 e. The molecule has 0 aliphatic rings. The van der Waals surface area contributed by atoms with E-state index in [1.807, 2.05) is 0 Å². The summed E-state index contributed by atoms with van der Waals surface area (Å²) in [6.07, 6.45) is 3.21. The fourth-order valence-electron chi connectivity index (χ4n) is 0.877. The number of hydrogen-bond acceptors (Lipinski definition) is 4. The Labute approximate surface area is 75.8 Å². The predicted molar refractivity (Wildman–Crippen MR) is 49.6 cm³/mol. The summed E-state index contributed by atoms with van der Waals surface area (Å²) in [5, 5.41) is 11.8. The van der Waals surface area contributed by atoms with Gasteiger partial charge in [0.05, 0.1) is 6.10 Å². The first-order valence-corrected chi connectivity index (χ1v) is 4.16. The van der Waals surface area contributed by atoms with Gasteiger partial charge >= 0.3 is 0 Å². The fraction of sp³-hybridized carbons (Fsp3) is 0.500. The lowest BCUT2D eigenvalue weighted by Crippen LogP contribution is -2.18. The van der Waals surface area contributed by atoms with Crippen molar-refractivity contribution in [1.29, 1.82) is 0 Å². The molecule has 0 fully saturated rings. The van der Waals surface area contributed by atoms with E-state index in [2.05, 4.69) is 15.3 Å². The number of aromatic amines is 1. The third kappa shape index (κ3) is 3.25. The number of anilines is 1. The van der Waals surface area contributed by atoms with E-state index < -0.39 is 0 Å². The van der Waals surface area contributed by atoms with Gasteiger partial charge in [0.25, 0.3) is 5.56 Å². The third-order valence-electron chi connectivity index (χ3n) is 1.56. The van der Waals surface area contributed by atoms with E-state index >= 15 is 0 Å². The van der Waals surface area contributed by atoms with Crippen molar-refractivity contribution in [2.45, 2.75) is 19.4 Å². The van der Waals surface area contributed by atoms with Crippen molar-refractivity contribution in [2.75, 3.05) is 11.9 Å². The maximum atomic E-state index is 11.1. The van der Waals surface area contributed by atoms with Gasteiger partial charge in [-0.2, -0.15) is 0 Å². The largest absolute Gasteiger partial charge is 0.393 e. The molecule has 0 aromatic carbocycles. The van der Waals surface area contributed by atoms with Crippen LogP contribution in [0.1, 0.15) is 13.3 Å². The number of aromatic nitrogens is 2. The topological polar surface area (TPSA) is 78.0 Å². The van der Waals surface area contributed by atoms with Crippen molar-refractivity contribution in [2.24, 2.45) is 0 Å². The second kappa shape index (κ2) is 4.61. The van der Waals surface area contributed by atoms with Gasteiger partial charge in [0.15, 0.2) is 5.82 Å². The molecule has 5 heteroatoms. The van der Waals surface area contributed by atoms with E-state index in [9.17, 15) is 4.79 Å². The van der Waals surface area contributed by atoms with Gasteiger partial charge in [-0.15, -0.1) is 0 Å². The van der Waals surface area contributed by atoms with Crippen LogP contribution in [0.4, 0.5) is 5.82 Å². The fourth-order valence-corrected chi connectivity index (χ4v) is 0.877. The molecule has 0 amide bonds. The summed E-state index contributed by atoms with van der Waals surface area (Å²) >= 11 is 0. The Balaban J connectivity index is 2.46. The highest BCUT2D eigenvalue weighted by Gasteiger charge is 1.99. The Hall–Kier alpha value is -1.36. The van der Waals surface area contributed by atoms with Gasteiger partial charge in [-0.3, -0.25) is 4.79 Å². The molecule has 5 nitrogen and oxygen atoms in total. The summed E-state index contributed by atoms with van der Waals surface area (Å²) in [5.41, 5.74) is -0.243. The second-order valence-corrected chi connectivity index (χ2v) is 2.83. The quantitative estimate of drug-likeness (QED) is 0.611. The molecule has 72 valence electrons. The molecule has 0 aliphatic heterocycles. The lowest BCUT2D eigenvalue weighted by atomic mass is 10.3. The monoisotopic (exact) mass is 183 g/mol. The van der Waals surface area contributed by atoms with E-state index in [1.54, 1.807) is 6.92 Å². The molecule has 1 aromatic heterocycles. The molecular weight excluding hydrogens is 170 g/mol. The van der Waals surface area contributed by atoms with Gasteiger partial charge < -0.3 is 15.4 Å². The zero-order chi connectivity index (χ0) is 9.68. The first-order chi connectivity index (χ1) is 6.20. The molecule has 1 unspecified atom stereocenters. The molecule has 13 heavy (non-hydrogen) atoms. The number of nitrogens with zero attached hydrogens (tertiary/aromatic N) is 1. The Morgan fingerprint density at radius 1 is 1.77 bits per heavy atom. The van der Waals surface area contributed by atoms with Crippen LogP contribution < -0.4 is 10.9 Å². The number of nitrogens with one attached hydrogen (secondary N) is 2.